The molecule has 1 unspecified atom stereocenters. The van der Waals surface area contributed by atoms with E-state index in [0.717, 1.165) is 17.7 Å². The van der Waals surface area contributed by atoms with Crippen LogP contribution in [0.1, 0.15) is 23.7 Å². The summed E-state index contributed by atoms with van der Waals surface area (Å²) in [5.41, 5.74) is 7.99. The van der Waals surface area contributed by atoms with Crippen LogP contribution in [0.2, 0.25) is 0 Å². The van der Waals surface area contributed by atoms with Crippen molar-refractivity contribution in [2.45, 2.75) is 19.4 Å². The molecule has 1 aromatic heterocycles. The van der Waals surface area contributed by atoms with Crippen LogP contribution in [-0.4, -0.2) is 4.98 Å². The highest BCUT2D eigenvalue weighted by atomic mass is 14.8. The van der Waals surface area contributed by atoms with Crippen LogP contribution < -0.4 is 5.73 Å². The van der Waals surface area contributed by atoms with Gasteiger partial charge in [-0.25, -0.2) is 0 Å². The minimum atomic E-state index is -0.0105. The molecule has 0 aliphatic rings. The molecule has 1 atom stereocenters. The summed E-state index contributed by atoms with van der Waals surface area (Å²) in [5, 5.41) is 0. The molecule has 0 radical (unpaired) electrons. The molecule has 0 saturated heterocycles. The van der Waals surface area contributed by atoms with Crippen molar-refractivity contribution in [3.05, 3.63) is 42.2 Å². The Labute approximate surface area is 73.1 Å². The zero-order chi connectivity index (χ0) is 8.97. The molecule has 0 bridgehead atoms. The molecule has 0 spiro atoms. The predicted molar refractivity (Wildman–Crippen MR) is 50.7 cm³/mol. The summed E-state index contributed by atoms with van der Waals surface area (Å²) < 4.78 is 0. The largest absolute Gasteiger partial charge is 0.322 e. The van der Waals surface area contributed by atoms with Gasteiger partial charge in [-0.15, -0.1) is 6.58 Å². The van der Waals surface area contributed by atoms with Crippen LogP contribution in [0.15, 0.2) is 31.0 Å². The number of pyridine rings is 1. The van der Waals surface area contributed by atoms with E-state index in [1.165, 1.54) is 0 Å². The third-order valence-corrected chi connectivity index (χ3v) is 1.82. The second-order valence-electron chi connectivity index (χ2n) is 2.84. The lowest BCUT2D eigenvalue weighted by atomic mass is 10.1. The molecule has 2 heteroatoms. The van der Waals surface area contributed by atoms with Crippen molar-refractivity contribution in [2.75, 3.05) is 0 Å². The van der Waals surface area contributed by atoms with E-state index < -0.39 is 0 Å². The molecule has 2 nitrogen and oxygen atoms in total. The van der Waals surface area contributed by atoms with Gasteiger partial charge < -0.3 is 5.73 Å². The molecule has 0 amide bonds. The average Bonchev–Trinajstić information content (AvgIpc) is 2.05. The van der Waals surface area contributed by atoms with E-state index in [4.69, 9.17) is 5.73 Å². The predicted octanol–water partition coefficient (Wildman–Crippen LogP) is 1.97. The standard InChI is InChI=1S/C10H14N2/c1-3-5-9(11)10-8(2)6-4-7-12-10/h3-4,6-7,9H,1,5,11H2,2H3. The van der Waals surface area contributed by atoms with Gasteiger partial charge in [0.05, 0.1) is 11.7 Å². The summed E-state index contributed by atoms with van der Waals surface area (Å²) in [6.45, 7) is 5.67. The molecule has 1 heterocycles. The van der Waals surface area contributed by atoms with Crippen molar-refractivity contribution in [2.24, 2.45) is 5.73 Å². The van der Waals surface area contributed by atoms with Crippen LogP contribution in [0.25, 0.3) is 0 Å². The fraction of sp³-hybridized carbons (Fsp3) is 0.300. The third-order valence-electron chi connectivity index (χ3n) is 1.82. The molecule has 12 heavy (non-hydrogen) atoms. The van der Waals surface area contributed by atoms with Crippen molar-refractivity contribution in [3.8, 4) is 0 Å². The van der Waals surface area contributed by atoms with Crippen LogP contribution in [-0.2, 0) is 0 Å². The minimum absolute atomic E-state index is 0.0105. The van der Waals surface area contributed by atoms with Gasteiger partial charge in [-0.1, -0.05) is 12.1 Å². The number of hydrogen-bond acceptors (Lipinski definition) is 2. The quantitative estimate of drug-likeness (QED) is 0.690. The smallest absolute Gasteiger partial charge is 0.0603 e. The summed E-state index contributed by atoms with van der Waals surface area (Å²) in [7, 11) is 0. The SMILES string of the molecule is C=CCC(N)c1ncccc1C. The van der Waals surface area contributed by atoms with Crippen LogP contribution in [0.4, 0.5) is 0 Å². The second kappa shape index (κ2) is 4.02. The second-order valence-corrected chi connectivity index (χ2v) is 2.84. The summed E-state index contributed by atoms with van der Waals surface area (Å²) in [6, 6.07) is 3.92. The van der Waals surface area contributed by atoms with Crippen molar-refractivity contribution in [1.29, 1.82) is 0 Å². The van der Waals surface area contributed by atoms with Crippen molar-refractivity contribution in [1.82, 2.24) is 4.98 Å². The lowest BCUT2D eigenvalue weighted by Gasteiger charge is -2.10. The first-order valence-corrected chi connectivity index (χ1v) is 4.03. The Morgan fingerprint density at radius 3 is 3.08 bits per heavy atom. The first-order chi connectivity index (χ1) is 5.75. The number of nitrogens with two attached hydrogens (primary N) is 1. The van der Waals surface area contributed by atoms with Gasteiger partial charge in [-0.05, 0) is 25.0 Å². The summed E-state index contributed by atoms with van der Waals surface area (Å²) in [5.74, 6) is 0. The molecular weight excluding hydrogens is 148 g/mol. The molecule has 0 aromatic carbocycles. The summed E-state index contributed by atoms with van der Waals surface area (Å²) in [6.07, 6.45) is 4.36. The molecule has 0 saturated carbocycles. The highest BCUT2D eigenvalue weighted by molar-refractivity contribution is 5.21. The van der Waals surface area contributed by atoms with Crippen LogP contribution in [0.5, 0.6) is 0 Å². The zero-order valence-electron chi connectivity index (χ0n) is 7.33. The Morgan fingerprint density at radius 2 is 2.50 bits per heavy atom. The van der Waals surface area contributed by atoms with Gasteiger partial charge in [-0.2, -0.15) is 0 Å². The lowest BCUT2D eigenvalue weighted by molar-refractivity contribution is 0.707. The maximum Gasteiger partial charge on any atom is 0.0603 e. The third kappa shape index (κ3) is 1.92. The van der Waals surface area contributed by atoms with E-state index in [9.17, 15) is 0 Å². The Bertz CT molecular complexity index is 268. The van der Waals surface area contributed by atoms with E-state index in [-0.39, 0.29) is 6.04 Å². The van der Waals surface area contributed by atoms with Gasteiger partial charge in [0.25, 0.3) is 0 Å². The first-order valence-electron chi connectivity index (χ1n) is 4.03. The van der Waals surface area contributed by atoms with E-state index in [1.807, 2.05) is 25.1 Å². The average molecular weight is 162 g/mol. The van der Waals surface area contributed by atoms with E-state index in [0.29, 0.717) is 0 Å². The Kier molecular flexibility index (Phi) is 3.00. The lowest BCUT2D eigenvalue weighted by Crippen LogP contribution is -2.12. The summed E-state index contributed by atoms with van der Waals surface area (Å²) >= 11 is 0. The van der Waals surface area contributed by atoms with E-state index in [2.05, 4.69) is 11.6 Å². The number of nitrogens with zero attached hydrogens (tertiary/aromatic N) is 1. The Morgan fingerprint density at radius 1 is 1.75 bits per heavy atom. The van der Waals surface area contributed by atoms with Crippen LogP contribution >= 0.6 is 0 Å². The topological polar surface area (TPSA) is 38.9 Å². The Hall–Kier alpha value is -1.15. The molecule has 0 aliphatic carbocycles. The molecule has 64 valence electrons. The molecule has 0 fully saturated rings. The Balaban J connectivity index is 2.86. The van der Waals surface area contributed by atoms with Gasteiger partial charge in [0.1, 0.15) is 0 Å². The van der Waals surface area contributed by atoms with Crippen LogP contribution in [0, 0.1) is 6.92 Å². The fourth-order valence-corrected chi connectivity index (χ4v) is 1.18. The highest BCUT2D eigenvalue weighted by Crippen LogP contribution is 2.14. The molecule has 2 N–H and O–H groups in total. The number of hydrogen-bond donors (Lipinski definition) is 1. The fourth-order valence-electron chi connectivity index (χ4n) is 1.18. The monoisotopic (exact) mass is 162 g/mol. The van der Waals surface area contributed by atoms with Gasteiger partial charge >= 0.3 is 0 Å². The number of rotatable bonds is 3. The zero-order valence-corrected chi connectivity index (χ0v) is 7.33. The van der Waals surface area contributed by atoms with E-state index >= 15 is 0 Å². The summed E-state index contributed by atoms with van der Waals surface area (Å²) in [4.78, 5) is 4.22. The minimum Gasteiger partial charge on any atom is -0.322 e. The van der Waals surface area contributed by atoms with E-state index in [1.54, 1.807) is 6.20 Å². The van der Waals surface area contributed by atoms with Gasteiger partial charge in [0.15, 0.2) is 0 Å². The first kappa shape index (κ1) is 8.94. The molecule has 0 aliphatic heterocycles. The molecule has 1 rings (SSSR count). The van der Waals surface area contributed by atoms with Gasteiger partial charge in [-0.3, -0.25) is 4.98 Å². The van der Waals surface area contributed by atoms with Crippen LogP contribution in [0.3, 0.4) is 0 Å². The van der Waals surface area contributed by atoms with Crippen molar-refractivity contribution < 1.29 is 0 Å². The maximum atomic E-state index is 5.87. The molecular formula is C10H14N2. The maximum absolute atomic E-state index is 5.87. The van der Waals surface area contributed by atoms with Gasteiger partial charge in [0, 0.05) is 6.20 Å². The highest BCUT2D eigenvalue weighted by Gasteiger charge is 2.06. The number of aromatic nitrogens is 1. The normalized spacial score (nSPS) is 12.5. The number of aryl methyl sites for hydroxylation is 1. The van der Waals surface area contributed by atoms with Crippen molar-refractivity contribution in [3.63, 3.8) is 0 Å². The molecule has 1 aromatic rings. The van der Waals surface area contributed by atoms with Gasteiger partial charge in [0.2, 0.25) is 0 Å². The van der Waals surface area contributed by atoms with Crippen molar-refractivity contribution >= 4 is 0 Å².